The summed E-state index contributed by atoms with van der Waals surface area (Å²) >= 11 is 0. The summed E-state index contributed by atoms with van der Waals surface area (Å²) in [4.78, 5) is 6.95. The zero-order valence-electron chi connectivity index (χ0n) is 15.3. The summed E-state index contributed by atoms with van der Waals surface area (Å²) in [5.74, 6) is 1.89. The van der Waals surface area contributed by atoms with Crippen molar-refractivity contribution in [3.63, 3.8) is 0 Å². The fourth-order valence-corrected chi connectivity index (χ4v) is 3.65. The van der Waals surface area contributed by atoms with Crippen LogP contribution in [0.5, 0.6) is 5.75 Å². The van der Waals surface area contributed by atoms with Gasteiger partial charge in [0, 0.05) is 26.1 Å². The van der Waals surface area contributed by atoms with Crippen molar-refractivity contribution in [3.05, 3.63) is 29.8 Å². The molecule has 0 amide bonds. The van der Waals surface area contributed by atoms with E-state index in [1.807, 2.05) is 19.2 Å². The van der Waals surface area contributed by atoms with Crippen LogP contribution in [-0.4, -0.2) is 56.2 Å². The molecule has 0 saturated carbocycles. The maximum absolute atomic E-state index is 5.98. The Labute approximate surface area is 168 Å². The van der Waals surface area contributed by atoms with Gasteiger partial charge >= 0.3 is 0 Å². The minimum atomic E-state index is 0. The lowest BCUT2D eigenvalue weighted by atomic mass is 10.1. The Kier molecular flexibility index (Phi) is 8.29. The number of fused-ring (bicyclic) bond motifs is 1. The summed E-state index contributed by atoms with van der Waals surface area (Å²) in [6.07, 6.45) is 4.99. The van der Waals surface area contributed by atoms with Gasteiger partial charge in [0.05, 0.1) is 6.54 Å². The predicted molar refractivity (Wildman–Crippen MR) is 114 cm³/mol. The van der Waals surface area contributed by atoms with Crippen molar-refractivity contribution in [1.29, 1.82) is 0 Å². The van der Waals surface area contributed by atoms with Gasteiger partial charge in [0.1, 0.15) is 11.9 Å². The molecule has 2 aliphatic rings. The molecule has 5 nitrogen and oxygen atoms in total. The van der Waals surface area contributed by atoms with Gasteiger partial charge in [-0.3, -0.25) is 9.89 Å². The number of aliphatic imine (C=N–C) groups is 1. The van der Waals surface area contributed by atoms with Crippen LogP contribution in [0.3, 0.4) is 0 Å². The molecule has 0 spiro atoms. The molecule has 0 radical (unpaired) electrons. The number of para-hydroxylation sites is 1. The van der Waals surface area contributed by atoms with E-state index in [-0.39, 0.29) is 30.1 Å². The van der Waals surface area contributed by atoms with Crippen molar-refractivity contribution in [2.24, 2.45) is 4.99 Å². The Hall–Kier alpha value is -1.02. The van der Waals surface area contributed by atoms with E-state index in [4.69, 9.17) is 4.74 Å². The van der Waals surface area contributed by atoms with Crippen molar-refractivity contribution in [3.8, 4) is 5.75 Å². The molecule has 25 heavy (non-hydrogen) atoms. The summed E-state index contributed by atoms with van der Waals surface area (Å²) in [7, 11) is 1.83. The number of guanidine groups is 1. The van der Waals surface area contributed by atoms with Crippen molar-refractivity contribution in [1.82, 2.24) is 15.5 Å². The van der Waals surface area contributed by atoms with Crippen LogP contribution in [0.1, 0.15) is 31.7 Å². The Morgan fingerprint density at radius 1 is 1.28 bits per heavy atom. The molecule has 2 atom stereocenters. The number of likely N-dealkylation sites (tertiary alicyclic amines) is 1. The van der Waals surface area contributed by atoms with E-state index in [0.29, 0.717) is 6.04 Å². The highest BCUT2D eigenvalue weighted by Crippen LogP contribution is 2.27. The largest absolute Gasteiger partial charge is 0.488 e. The zero-order chi connectivity index (χ0) is 16.8. The standard InChI is InChI=1S/C19H30N4O.HI/c1-3-16(23-10-6-7-11-23)13-21-19(20-2)22-14-17-12-15-8-4-5-9-18(15)24-17;/h4-5,8-9,16-17H,3,6-7,10-14H2,1-2H3,(H2,20,21,22);1H. The molecule has 1 aromatic carbocycles. The topological polar surface area (TPSA) is 48.9 Å². The molecule has 140 valence electrons. The average Bonchev–Trinajstić information content (AvgIpc) is 3.27. The van der Waals surface area contributed by atoms with Crippen molar-refractivity contribution in [2.75, 3.05) is 33.2 Å². The van der Waals surface area contributed by atoms with Gasteiger partial charge in [0.2, 0.25) is 0 Å². The molecule has 1 saturated heterocycles. The Morgan fingerprint density at radius 3 is 2.72 bits per heavy atom. The zero-order valence-corrected chi connectivity index (χ0v) is 17.7. The fraction of sp³-hybridized carbons (Fsp3) is 0.632. The second-order valence-corrected chi connectivity index (χ2v) is 6.69. The van der Waals surface area contributed by atoms with Crippen molar-refractivity contribution in [2.45, 2.75) is 44.8 Å². The lowest BCUT2D eigenvalue weighted by molar-refractivity contribution is 0.231. The van der Waals surface area contributed by atoms with Gasteiger partial charge in [-0.25, -0.2) is 0 Å². The van der Waals surface area contributed by atoms with E-state index in [1.54, 1.807) is 0 Å². The van der Waals surface area contributed by atoms with Crippen LogP contribution in [-0.2, 0) is 6.42 Å². The average molecular weight is 458 g/mol. The number of nitrogens with zero attached hydrogens (tertiary/aromatic N) is 2. The normalized spacial score (nSPS) is 21.2. The smallest absolute Gasteiger partial charge is 0.191 e. The Bertz CT molecular complexity index is 535. The molecule has 1 aromatic rings. The number of nitrogens with one attached hydrogen (secondary N) is 2. The number of rotatable bonds is 6. The SMILES string of the molecule is CCC(CNC(=NC)NCC1Cc2ccccc2O1)N1CCCC1.I. The van der Waals surface area contributed by atoms with Crippen LogP contribution in [0.15, 0.2) is 29.3 Å². The maximum Gasteiger partial charge on any atom is 0.191 e. The van der Waals surface area contributed by atoms with E-state index < -0.39 is 0 Å². The molecule has 2 unspecified atom stereocenters. The number of halogens is 1. The molecule has 2 N–H and O–H groups in total. The van der Waals surface area contributed by atoms with Crippen LogP contribution >= 0.6 is 24.0 Å². The minimum absolute atomic E-state index is 0. The third-order valence-electron chi connectivity index (χ3n) is 5.07. The van der Waals surface area contributed by atoms with Gasteiger partial charge in [-0.2, -0.15) is 0 Å². The molecule has 3 rings (SSSR count). The highest BCUT2D eigenvalue weighted by Gasteiger charge is 2.23. The molecule has 0 aliphatic carbocycles. The molecule has 2 aliphatic heterocycles. The number of ether oxygens (including phenoxy) is 1. The van der Waals surface area contributed by atoms with Gasteiger partial charge in [0.25, 0.3) is 0 Å². The molecular weight excluding hydrogens is 427 g/mol. The first-order valence-electron chi connectivity index (χ1n) is 9.23. The number of benzene rings is 1. The highest BCUT2D eigenvalue weighted by molar-refractivity contribution is 14.0. The van der Waals surface area contributed by atoms with Gasteiger partial charge < -0.3 is 15.4 Å². The lowest BCUT2D eigenvalue weighted by Gasteiger charge is -2.27. The van der Waals surface area contributed by atoms with Crippen LogP contribution in [0.4, 0.5) is 0 Å². The van der Waals surface area contributed by atoms with E-state index in [1.165, 1.54) is 37.9 Å². The Balaban J connectivity index is 0.00000225. The molecule has 0 aromatic heterocycles. The first kappa shape index (κ1) is 20.3. The number of hydrogen-bond donors (Lipinski definition) is 2. The third kappa shape index (κ3) is 5.48. The molecule has 1 fully saturated rings. The molecule has 2 heterocycles. The van der Waals surface area contributed by atoms with Gasteiger partial charge in [0.15, 0.2) is 5.96 Å². The van der Waals surface area contributed by atoms with E-state index in [2.05, 4.69) is 39.6 Å². The summed E-state index contributed by atoms with van der Waals surface area (Å²) in [5, 5.41) is 6.90. The first-order valence-corrected chi connectivity index (χ1v) is 9.23. The van der Waals surface area contributed by atoms with Crippen molar-refractivity contribution >= 4 is 29.9 Å². The summed E-state index contributed by atoms with van der Waals surface area (Å²) in [5.41, 5.74) is 1.30. The summed E-state index contributed by atoms with van der Waals surface area (Å²) < 4.78 is 5.98. The Morgan fingerprint density at radius 2 is 2.04 bits per heavy atom. The minimum Gasteiger partial charge on any atom is -0.488 e. The van der Waals surface area contributed by atoms with Crippen LogP contribution in [0.25, 0.3) is 0 Å². The van der Waals surface area contributed by atoms with E-state index in [0.717, 1.165) is 31.2 Å². The monoisotopic (exact) mass is 458 g/mol. The van der Waals surface area contributed by atoms with Gasteiger partial charge in [-0.1, -0.05) is 25.1 Å². The van der Waals surface area contributed by atoms with Gasteiger partial charge in [-0.05, 0) is 44.0 Å². The second-order valence-electron chi connectivity index (χ2n) is 6.69. The first-order chi connectivity index (χ1) is 11.8. The van der Waals surface area contributed by atoms with Crippen LogP contribution in [0.2, 0.25) is 0 Å². The molecule has 6 heteroatoms. The number of hydrogen-bond acceptors (Lipinski definition) is 3. The maximum atomic E-state index is 5.98. The van der Waals surface area contributed by atoms with Crippen LogP contribution in [0, 0.1) is 0 Å². The lowest BCUT2D eigenvalue weighted by Crippen LogP contribution is -2.47. The molecular formula is C19H31IN4O. The predicted octanol–water partition coefficient (Wildman–Crippen LogP) is 2.65. The summed E-state index contributed by atoms with van der Waals surface area (Å²) in [6, 6.07) is 8.88. The second kappa shape index (κ2) is 10.2. The molecule has 0 bridgehead atoms. The highest BCUT2D eigenvalue weighted by atomic mass is 127. The summed E-state index contributed by atoms with van der Waals surface area (Å²) in [6.45, 7) is 6.46. The third-order valence-corrected chi connectivity index (χ3v) is 5.07. The van der Waals surface area contributed by atoms with Crippen LogP contribution < -0.4 is 15.4 Å². The van der Waals surface area contributed by atoms with E-state index in [9.17, 15) is 0 Å². The van der Waals surface area contributed by atoms with Crippen molar-refractivity contribution < 1.29 is 4.74 Å². The van der Waals surface area contributed by atoms with Gasteiger partial charge in [-0.15, -0.1) is 24.0 Å². The fourth-order valence-electron chi connectivity index (χ4n) is 3.65. The quantitative estimate of drug-likeness (QED) is 0.391. The van der Waals surface area contributed by atoms with E-state index >= 15 is 0 Å².